The van der Waals surface area contributed by atoms with Crippen LogP contribution in [0.5, 0.6) is 5.75 Å². The highest BCUT2D eigenvalue weighted by Crippen LogP contribution is 2.23. The van der Waals surface area contributed by atoms with Gasteiger partial charge in [0.25, 0.3) is 5.78 Å². The highest BCUT2D eigenvalue weighted by Gasteiger charge is 2.20. The van der Waals surface area contributed by atoms with Crippen molar-refractivity contribution in [2.24, 2.45) is 0 Å². The topological polar surface area (TPSA) is 72.6 Å². The van der Waals surface area contributed by atoms with Crippen LogP contribution in [-0.4, -0.2) is 32.6 Å². The number of rotatable bonds is 6. The van der Waals surface area contributed by atoms with Crippen LogP contribution >= 0.6 is 11.3 Å². The van der Waals surface area contributed by atoms with Crippen molar-refractivity contribution in [3.8, 4) is 5.75 Å². The van der Waals surface area contributed by atoms with E-state index in [2.05, 4.69) is 15.1 Å². The summed E-state index contributed by atoms with van der Waals surface area (Å²) >= 11 is 1.62. The molecule has 0 aliphatic rings. The van der Waals surface area contributed by atoms with Crippen LogP contribution < -0.4 is 9.64 Å². The fourth-order valence-corrected chi connectivity index (χ4v) is 3.85. The van der Waals surface area contributed by atoms with Crippen LogP contribution in [-0.2, 0) is 17.8 Å². The first-order valence-electron chi connectivity index (χ1n) is 9.20. The fraction of sp³-hybridized carbons (Fsp3) is 0.238. The van der Waals surface area contributed by atoms with Crippen molar-refractivity contribution in [3.63, 3.8) is 0 Å². The molecule has 29 heavy (non-hydrogen) atoms. The minimum Gasteiger partial charge on any atom is -0.497 e. The number of amides is 1. The Morgan fingerprint density at radius 1 is 1.17 bits per heavy atom. The number of thiophene rings is 1. The third-order valence-corrected chi connectivity index (χ3v) is 5.41. The van der Waals surface area contributed by atoms with Gasteiger partial charge in [0.15, 0.2) is 5.82 Å². The molecule has 0 fully saturated rings. The maximum Gasteiger partial charge on any atom is 0.252 e. The van der Waals surface area contributed by atoms with Gasteiger partial charge < -0.3 is 9.64 Å². The average molecular weight is 407 g/mol. The molecule has 3 aromatic heterocycles. The Bertz CT molecular complexity index is 1140. The first-order valence-corrected chi connectivity index (χ1v) is 10.1. The number of aryl methyl sites for hydroxylation is 2. The summed E-state index contributed by atoms with van der Waals surface area (Å²) in [5.74, 6) is 1.64. The van der Waals surface area contributed by atoms with Crippen molar-refractivity contribution in [2.75, 3.05) is 12.0 Å². The van der Waals surface area contributed by atoms with Gasteiger partial charge in [-0.2, -0.15) is 4.98 Å². The smallest absolute Gasteiger partial charge is 0.252 e. The molecule has 1 aromatic carbocycles. The molecule has 0 N–H and O–H groups in total. The lowest BCUT2D eigenvalue weighted by Gasteiger charge is -2.22. The van der Waals surface area contributed by atoms with E-state index in [0.717, 1.165) is 27.7 Å². The van der Waals surface area contributed by atoms with E-state index in [4.69, 9.17) is 4.74 Å². The molecule has 8 heteroatoms. The highest BCUT2D eigenvalue weighted by atomic mass is 32.1. The van der Waals surface area contributed by atoms with Gasteiger partial charge in [0.1, 0.15) is 5.75 Å². The van der Waals surface area contributed by atoms with E-state index >= 15 is 0 Å². The molecule has 0 saturated carbocycles. The van der Waals surface area contributed by atoms with Gasteiger partial charge >= 0.3 is 0 Å². The number of aromatic nitrogens is 4. The zero-order valence-corrected chi connectivity index (χ0v) is 17.3. The van der Waals surface area contributed by atoms with E-state index in [1.54, 1.807) is 27.9 Å². The Balaban J connectivity index is 1.62. The van der Waals surface area contributed by atoms with Crippen molar-refractivity contribution in [1.29, 1.82) is 0 Å². The monoisotopic (exact) mass is 407 g/mol. The second-order valence-electron chi connectivity index (χ2n) is 6.71. The molecular weight excluding hydrogens is 386 g/mol. The molecule has 0 unspecified atom stereocenters. The summed E-state index contributed by atoms with van der Waals surface area (Å²) in [5, 5.41) is 6.48. The van der Waals surface area contributed by atoms with E-state index in [-0.39, 0.29) is 12.3 Å². The largest absolute Gasteiger partial charge is 0.497 e. The summed E-state index contributed by atoms with van der Waals surface area (Å²) < 4.78 is 6.91. The SMILES string of the molecule is COc1ccc(N(Cc2cccs2)C(=O)Cc2nc3nc(C)cc(C)n3n2)cc1. The van der Waals surface area contributed by atoms with Gasteiger partial charge in [-0.3, -0.25) is 4.79 Å². The number of hydrogen-bond acceptors (Lipinski definition) is 6. The van der Waals surface area contributed by atoms with Crippen molar-refractivity contribution in [1.82, 2.24) is 19.6 Å². The summed E-state index contributed by atoms with van der Waals surface area (Å²) in [6.07, 6.45) is 0.0965. The standard InChI is InChI=1S/C21H21N5O2S/c1-14-11-15(2)26-21(22-14)23-19(24-26)12-20(27)25(13-18-5-4-10-29-18)16-6-8-17(28-3)9-7-16/h4-11H,12-13H2,1-3H3. The minimum absolute atomic E-state index is 0.0751. The predicted molar refractivity (Wildman–Crippen MR) is 112 cm³/mol. The molecule has 0 aliphatic heterocycles. The summed E-state index contributed by atoms with van der Waals surface area (Å²) in [7, 11) is 1.62. The number of nitrogens with zero attached hydrogens (tertiary/aromatic N) is 5. The van der Waals surface area contributed by atoms with Gasteiger partial charge in [-0.25, -0.2) is 9.50 Å². The van der Waals surface area contributed by atoms with Crippen molar-refractivity contribution < 1.29 is 9.53 Å². The third kappa shape index (κ3) is 4.12. The maximum absolute atomic E-state index is 13.2. The normalized spacial score (nSPS) is 11.0. The van der Waals surface area contributed by atoms with Gasteiger partial charge in [0, 0.05) is 22.0 Å². The molecule has 0 bridgehead atoms. The van der Waals surface area contributed by atoms with Gasteiger partial charge in [0.05, 0.1) is 20.1 Å². The summed E-state index contributed by atoms with van der Waals surface area (Å²) in [4.78, 5) is 24.9. The summed E-state index contributed by atoms with van der Waals surface area (Å²) in [6, 6.07) is 13.4. The molecule has 4 rings (SSSR count). The number of methoxy groups -OCH3 is 1. The van der Waals surface area contributed by atoms with E-state index in [0.29, 0.717) is 18.1 Å². The molecule has 0 aliphatic carbocycles. The van der Waals surface area contributed by atoms with Gasteiger partial charge in [-0.1, -0.05) is 6.07 Å². The van der Waals surface area contributed by atoms with E-state index in [1.807, 2.05) is 61.7 Å². The van der Waals surface area contributed by atoms with Crippen LogP contribution in [0.4, 0.5) is 5.69 Å². The van der Waals surface area contributed by atoms with Crippen molar-refractivity contribution in [3.05, 3.63) is 69.9 Å². The van der Waals surface area contributed by atoms with E-state index < -0.39 is 0 Å². The first-order chi connectivity index (χ1) is 14.0. The third-order valence-electron chi connectivity index (χ3n) is 4.55. The molecular formula is C21H21N5O2S. The molecule has 7 nitrogen and oxygen atoms in total. The molecule has 1 amide bonds. The van der Waals surface area contributed by atoms with Crippen molar-refractivity contribution in [2.45, 2.75) is 26.8 Å². The van der Waals surface area contributed by atoms with Crippen LogP contribution in [0.2, 0.25) is 0 Å². The maximum atomic E-state index is 13.2. The number of benzene rings is 1. The Labute approximate surface area is 172 Å². The van der Waals surface area contributed by atoms with Crippen LogP contribution in [0.1, 0.15) is 22.1 Å². The van der Waals surface area contributed by atoms with Crippen LogP contribution in [0, 0.1) is 13.8 Å². The number of carbonyl (C=O) groups excluding carboxylic acids is 1. The van der Waals surface area contributed by atoms with Gasteiger partial charge in [-0.05, 0) is 55.6 Å². The molecule has 0 spiro atoms. The predicted octanol–water partition coefficient (Wildman–Crippen LogP) is 3.59. The fourth-order valence-electron chi connectivity index (χ4n) is 3.16. The lowest BCUT2D eigenvalue weighted by Crippen LogP contribution is -2.31. The summed E-state index contributed by atoms with van der Waals surface area (Å²) in [5.41, 5.74) is 2.61. The van der Waals surface area contributed by atoms with Crippen LogP contribution in [0.3, 0.4) is 0 Å². The van der Waals surface area contributed by atoms with Gasteiger partial charge in [0.2, 0.25) is 5.91 Å². The second-order valence-corrected chi connectivity index (χ2v) is 7.75. The van der Waals surface area contributed by atoms with Crippen molar-refractivity contribution >= 4 is 28.7 Å². The lowest BCUT2D eigenvalue weighted by molar-refractivity contribution is -0.118. The van der Waals surface area contributed by atoms with Crippen LogP contribution in [0.15, 0.2) is 47.8 Å². The van der Waals surface area contributed by atoms with Gasteiger partial charge in [-0.15, -0.1) is 16.4 Å². The Hall–Kier alpha value is -3.26. The van der Waals surface area contributed by atoms with E-state index in [1.165, 1.54) is 0 Å². The lowest BCUT2D eigenvalue weighted by atomic mass is 10.2. The highest BCUT2D eigenvalue weighted by molar-refractivity contribution is 7.09. The number of carbonyl (C=O) groups is 1. The Morgan fingerprint density at radius 2 is 1.97 bits per heavy atom. The molecule has 3 heterocycles. The molecule has 4 aromatic rings. The Kier molecular flexibility index (Phi) is 5.26. The van der Waals surface area contributed by atoms with E-state index in [9.17, 15) is 4.79 Å². The van der Waals surface area contributed by atoms with Crippen LogP contribution in [0.25, 0.3) is 5.78 Å². The molecule has 0 atom stereocenters. The second kappa shape index (κ2) is 8.00. The minimum atomic E-state index is -0.0751. The molecule has 0 saturated heterocycles. The zero-order chi connectivity index (χ0) is 20.4. The summed E-state index contributed by atoms with van der Waals surface area (Å²) in [6.45, 7) is 4.36. The average Bonchev–Trinajstić information content (AvgIpc) is 3.35. The zero-order valence-electron chi connectivity index (χ0n) is 16.5. The number of hydrogen-bond donors (Lipinski definition) is 0. The molecule has 0 radical (unpaired) electrons. The molecule has 148 valence electrons. The Morgan fingerprint density at radius 3 is 2.66 bits per heavy atom. The first kappa shape index (κ1) is 19.1. The number of anilines is 1. The number of ether oxygens (including phenoxy) is 1. The number of fused-ring (bicyclic) bond motifs is 1. The quantitative estimate of drug-likeness (QED) is 0.488.